The third-order valence-electron chi connectivity index (χ3n) is 2.35. The van der Waals surface area contributed by atoms with Crippen molar-refractivity contribution in [2.45, 2.75) is 6.92 Å². The van der Waals surface area contributed by atoms with Crippen LogP contribution >= 0.6 is 0 Å². The summed E-state index contributed by atoms with van der Waals surface area (Å²) in [4.78, 5) is 11.4. The van der Waals surface area contributed by atoms with Gasteiger partial charge in [0.15, 0.2) is 5.78 Å². The summed E-state index contributed by atoms with van der Waals surface area (Å²) >= 11 is 0. The van der Waals surface area contributed by atoms with Crippen LogP contribution in [0.4, 0.5) is 4.39 Å². The Morgan fingerprint density at radius 1 is 1.38 bits per heavy atom. The molecule has 0 spiro atoms. The number of ketones is 1. The number of aryl methyl sites for hydroxylation is 1. The molecule has 4 heteroatoms. The number of nitrogens with zero attached hydrogens (tertiary/aromatic N) is 2. The summed E-state index contributed by atoms with van der Waals surface area (Å²) in [6, 6.07) is 5.85. The number of carbonyl (C=O) groups excluding carboxylic acids is 1. The molecule has 2 rings (SSSR count). The maximum atomic E-state index is 13.2. The van der Waals surface area contributed by atoms with Crippen LogP contribution in [-0.2, 0) is 7.05 Å². The summed E-state index contributed by atoms with van der Waals surface area (Å²) in [6.45, 7) is 1.46. The number of benzene rings is 1. The zero-order valence-corrected chi connectivity index (χ0v) is 9.07. The lowest BCUT2D eigenvalue weighted by Crippen LogP contribution is -1.98. The van der Waals surface area contributed by atoms with Gasteiger partial charge in [0.2, 0.25) is 0 Å². The molecule has 0 radical (unpaired) electrons. The first-order valence-corrected chi connectivity index (χ1v) is 4.88. The number of Topliss-reactive ketones (excluding diaryl/α,β-unsaturated/α-hetero) is 1. The van der Waals surface area contributed by atoms with Crippen LogP contribution in [0.1, 0.15) is 17.3 Å². The molecule has 1 heterocycles. The molecule has 1 aromatic carbocycles. The first-order valence-electron chi connectivity index (χ1n) is 4.88. The van der Waals surface area contributed by atoms with Crippen LogP contribution in [0, 0.1) is 5.82 Å². The minimum atomic E-state index is -0.370. The van der Waals surface area contributed by atoms with Crippen LogP contribution in [0.15, 0.2) is 30.5 Å². The lowest BCUT2D eigenvalue weighted by molar-refractivity contribution is 0.101. The molecule has 2 aromatic rings. The largest absolute Gasteiger partial charge is 0.294 e. The van der Waals surface area contributed by atoms with Gasteiger partial charge in [-0.3, -0.25) is 9.48 Å². The zero-order valence-electron chi connectivity index (χ0n) is 9.07. The predicted octanol–water partition coefficient (Wildman–Crippen LogP) is 2.43. The lowest BCUT2D eigenvalue weighted by Gasteiger charge is -2.04. The number of hydrogen-bond donors (Lipinski definition) is 0. The highest BCUT2D eigenvalue weighted by molar-refractivity contribution is 6.00. The van der Waals surface area contributed by atoms with Crippen molar-refractivity contribution in [2.24, 2.45) is 7.05 Å². The third-order valence-corrected chi connectivity index (χ3v) is 2.35. The molecule has 0 aliphatic rings. The minimum absolute atomic E-state index is 0.0966. The summed E-state index contributed by atoms with van der Waals surface area (Å²) in [5, 5.41) is 4.16. The molecule has 0 aliphatic heterocycles. The van der Waals surface area contributed by atoms with Gasteiger partial charge in [-0.25, -0.2) is 4.39 Å². The Kier molecular flexibility index (Phi) is 2.56. The van der Waals surface area contributed by atoms with E-state index >= 15 is 0 Å². The number of aromatic nitrogens is 2. The molecule has 82 valence electrons. The Bertz CT molecular complexity index is 546. The van der Waals surface area contributed by atoms with E-state index in [0.717, 1.165) is 0 Å². The second-order valence-electron chi connectivity index (χ2n) is 3.62. The standard InChI is InChI=1S/C12H11FN2O/c1-8(16)10-4-3-9(13)7-11(10)12-5-6-15(2)14-12/h3-7H,1-2H3. The van der Waals surface area contributed by atoms with Crippen LogP contribution in [0.25, 0.3) is 11.3 Å². The number of halogens is 1. The zero-order chi connectivity index (χ0) is 11.7. The van der Waals surface area contributed by atoms with E-state index in [0.29, 0.717) is 16.8 Å². The topological polar surface area (TPSA) is 34.9 Å². The van der Waals surface area contributed by atoms with Crippen LogP contribution < -0.4 is 0 Å². The van der Waals surface area contributed by atoms with Crippen LogP contribution in [0.3, 0.4) is 0 Å². The van der Waals surface area contributed by atoms with Gasteiger partial charge in [-0.15, -0.1) is 0 Å². The smallest absolute Gasteiger partial charge is 0.160 e. The van der Waals surface area contributed by atoms with E-state index in [4.69, 9.17) is 0 Å². The van der Waals surface area contributed by atoms with E-state index in [9.17, 15) is 9.18 Å². The molecule has 0 N–H and O–H groups in total. The van der Waals surface area contributed by atoms with E-state index in [-0.39, 0.29) is 11.6 Å². The molecular weight excluding hydrogens is 207 g/mol. The van der Waals surface area contributed by atoms with Crippen molar-refractivity contribution in [1.82, 2.24) is 9.78 Å². The van der Waals surface area contributed by atoms with Gasteiger partial charge in [-0.2, -0.15) is 5.10 Å². The summed E-state index contributed by atoms with van der Waals surface area (Å²) in [5.74, 6) is -0.466. The highest BCUT2D eigenvalue weighted by Crippen LogP contribution is 2.23. The maximum absolute atomic E-state index is 13.2. The third kappa shape index (κ3) is 1.86. The first-order chi connectivity index (χ1) is 7.58. The first kappa shape index (κ1) is 10.5. The molecule has 0 unspecified atom stereocenters. The fourth-order valence-electron chi connectivity index (χ4n) is 1.59. The SMILES string of the molecule is CC(=O)c1ccc(F)cc1-c1ccn(C)n1. The molecule has 0 amide bonds. The Balaban J connectivity index is 2.62. The molecule has 0 fully saturated rings. The second-order valence-corrected chi connectivity index (χ2v) is 3.62. The number of rotatable bonds is 2. The van der Waals surface area contributed by atoms with Crippen LogP contribution in [0.2, 0.25) is 0 Å². The molecule has 0 saturated heterocycles. The molecule has 0 bridgehead atoms. The van der Waals surface area contributed by atoms with Gasteiger partial charge in [0.1, 0.15) is 5.82 Å². The molecule has 0 aliphatic carbocycles. The molecule has 1 aromatic heterocycles. The van der Waals surface area contributed by atoms with E-state index in [1.54, 1.807) is 24.0 Å². The monoisotopic (exact) mass is 218 g/mol. The Hall–Kier alpha value is -1.97. The summed E-state index contributed by atoms with van der Waals surface area (Å²) in [6.07, 6.45) is 1.75. The molecule has 3 nitrogen and oxygen atoms in total. The minimum Gasteiger partial charge on any atom is -0.294 e. The van der Waals surface area contributed by atoms with Gasteiger partial charge in [-0.05, 0) is 31.2 Å². The van der Waals surface area contributed by atoms with Crippen LogP contribution in [0.5, 0.6) is 0 Å². The van der Waals surface area contributed by atoms with Crippen molar-refractivity contribution in [1.29, 1.82) is 0 Å². The van der Waals surface area contributed by atoms with Gasteiger partial charge >= 0.3 is 0 Å². The Morgan fingerprint density at radius 2 is 2.12 bits per heavy atom. The summed E-state index contributed by atoms with van der Waals surface area (Å²) in [5.41, 5.74) is 1.63. The number of hydrogen-bond acceptors (Lipinski definition) is 2. The fourth-order valence-corrected chi connectivity index (χ4v) is 1.59. The molecule has 0 saturated carbocycles. The van der Waals surface area contributed by atoms with Gasteiger partial charge in [0.05, 0.1) is 5.69 Å². The van der Waals surface area contributed by atoms with Crippen molar-refractivity contribution < 1.29 is 9.18 Å². The second kappa shape index (κ2) is 3.89. The lowest BCUT2D eigenvalue weighted by atomic mass is 10.0. The van der Waals surface area contributed by atoms with Crippen molar-refractivity contribution >= 4 is 5.78 Å². The summed E-state index contributed by atoms with van der Waals surface area (Å²) in [7, 11) is 1.77. The quantitative estimate of drug-likeness (QED) is 0.725. The van der Waals surface area contributed by atoms with Crippen molar-refractivity contribution in [3.8, 4) is 11.3 Å². The highest BCUT2D eigenvalue weighted by Gasteiger charge is 2.12. The molecule has 16 heavy (non-hydrogen) atoms. The van der Waals surface area contributed by atoms with Gasteiger partial charge in [0.25, 0.3) is 0 Å². The Morgan fingerprint density at radius 3 is 2.69 bits per heavy atom. The number of carbonyl (C=O) groups is 1. The molecular formula is C12H11FN2O. The summed E-state index contributed by atoms with van der Waals surface area (Å²) < 4.78 is 14.8. The average Bonchev–Trinajstić information content (AvgIpc) is 2.64. The normalized spacial score (nSPS) is 10.4. The van der Waals surface area contributed by atoms with Gasteiger partial charge in [0, 0.05) is 24.4 Å². The molecule has 0 atom stereocenters. The van der Waals surface area contributed by atoms with Gasteiger partial charge < -0.3 is 0 Å². The fraction of sp³-hybridized carbons (Fsp3) is 0.167. The average molecular weight is 218 g/mol. The highest BCUT2D eigenvalue weighted by atomic mass is 19.1. The van der Waals surface area contributed by atoms with Crippen molar-refractivity contribution in [3.63, 3.8) is 0 Å². The van der Waals surface area contributed by atoms with E-state index in [1.165, 1.54) is 25.1 Å². The van der Waals surface area contributed by atoms with E-state index in [2.05, 4.69) is 5.10 Å². The van der Waals surface area contributed by atoms with Gasteiger partial charge in [-0.1, -0.05) is 0 Å². The van der Waals surface area contributed by atoms with Crippen molar-refractivity contribution in [3.05, 3.63) is 41.8 Å². The predicted molar refractivity (Wildman–Crippen MR) is 58.6 cm³/mol. The van der Waals surface area contributed by atoms with E-state index in [1.807, 2.05) is 0 Å². The van der Waals surface area contributed by atoms with E-state index < -0.39 is 0 Å². The van der Waals surface area contributed by atoms with Crippen molar-refractivity contribution in [2.75, 3.05) is 0 Å². The maximum Gasteiger partial charge on any atom is 0.160 e. The Labute approximate surface area is 92.5 Å². The van der Waals surface area contributed by atoms with Crippen LogP contribution in [-0.4, -0.2) is 15.6 Å².